The molecule has 1 fully saturated rings. The number of carbonyl (C=O) groups is 1. The van der Waals surface area contributed by atoms with Gasteiger partial charge in [0.05, 0.1) is 24.6 Å². The van der Waals surface area contributed by atoms with E-state index in [-0.39, 0.29) is 11.6 Å². The lowest BCUT2D eigenvalue weighted by Gasteiger charge is -2.26. The fourth-order valence-electron chi connectivity index (χ4n) is 3.32. The van der Waals surface area contributed by atoms with E-state index in [4.69, 9.17) is 16.3 Å². The zero-order chi connectivity index (χ0) is 19.7. The van der Waals surface area contributed by atoms with Crippen LogP contribution in [0.1, 0.15) is 11.1 Å². The van der Waals surface area contributed by atoms with E-state index in [2.05, 4.69) is 4.99 Å². The van der Waals surface area contributed by atoms with Crippen molar-refractivity contribution in [2.75, 3.05) is 38.3 Å². The number of nitrogens with zero attached hydrogens (tertiary/aromatic N) is 3. The number of ether oxygens (including phenoxy) is 1. The first kappa shape index (κ1) is 18.7. The highest BCUT2D eigenvalue weighted by Crippen LogP contribution is 2.31. The SMILES string of the molecule is CN1C(=O)/C(=C/N2CCOCC2)N=C(c2ccccc2Cl)c2cc(F)ccc21. The summed E-state index contributed by atoms with van der Waals surface area (Å²) in [5, 5.41) is 0.485. The number of halogens is 2. The molecule has 1 saturated heterocycles. The topological polar surface area (TPSA) is 45.1 Å². The number of amides is 1. The second-order valence-corrected chi connectivity index (χ2v) is 7.04. The Morgan fingerprint density at radius 1 is 1.14 bits per heavy atom. The Morgan fingerprint density at radius 2 is 1.89 bits per heavy atom. The predicted molar refractivity (Wildman–Crippen MR) is 107 cm³/mol. The highest BCUT2D eigenvalue weighted by atomic mass is 35.5. The number of hydrogen-bond donors (Lipinski definition) is 0. The molecule has 5 nitrogen and oxygen atoms in total. The highest BCUT2D eigenvalue weighted by Gasteiger charge is 2.28. The zero-order valence-electron chi connectivity index (χ0n) is 15.4. The average Bonchev–Trinajstić information content (AvgIpc) is 2.80. The summed E-state index contributed by atoms with van der Waals surface area (Å²) in [7, 11) is 1.66. The molecule has 0 unspecified atom stereocenters. The van der Waals surface area contributed by atoms with Crippen molar-refractivity contribution in [3.8, 4) is 0 Å². The van der Waals surface area contributed by atoms with E-state index in [1.807, 2.05) is 23.1 Å². The summed E-state index contributed by atoms with van der Waals surface area (Å²) in [6.07, 6.45) is 1.75. The molecule has 144 valence electrons. The molecule has 2 aromatic rings. The fourth-order valence-corrected chi connectivity index (χ4v) is 3.55. The minimum absolute atomic E-state index is 0.263. The minimum atomic E-state index is -0.403. The quantitative estimate of drug-likeness (QED) is 0.726. The molecule has 2 aliphatic heterocycles. The van der Waals surface area contributed by atoms with Gasteiger partial charge in [-0.05, 0) is 24.3 Å². The second-order valence-electron chi connectivity index (χ2n) is 6.63. The van der Waals surface area contributed by atoms with Crippen LogP contribution in [0.3, 0.4) is 0 Å². The van der Waals surface area contributed by atoms with Gasteiger partial charge in [0.15, 0.2) is 0 Å². The van der Waals surface area contributed by atoms with Gasteiger partial charge in [0.25, 0.3) is 5.91 Å². The Balaban J connectivity index is 1.92. The summed E-state index contributed by atoms with van der Waals surface area (Å²) in [6.45, 7) is 2.55. The molecule has 0 aromatic heterocycles. The molecule has 28 heavy (non-hydrogen) atoms. The second kappa shape index (κ2) is 7.73. The lowest BCUT2D eigenvalue weighted by atomic mass is 10.00. The van der Waals surface area contributed by atoms with Crippen LogP contribution in [0.25, 0.3) is 0 Å². The molecule has 0 bridgehead atoms. The van der Waals surface area contributed by atoms with Crippen molar-refractivity contribution in [3.63, 3.8) is 0 Å². The number of benzene rings is 2. The number of anilines is 1. The third-order valence-electron chi connectivity index (χ3n) is 4.81. The van der Waals surface area contributed by atoms with E-state index in [1.165, 1.54) is 17.0 Å². The molecule has 0 N–H and O–H groups in total. The smallest absolute Gasteiger partial charge is 0.278 e. The lowest BCUT2D eigenvalue weighted by Crippen LogP contribution is -2.34. The van der Waals surface area contributed by atoms with Crippen LogP contribution in [0.15, 0.2) is 59.4 Å². The molecule has 0 radical (unpaired) electrons. The van der Waals surface area contributed by atoms with Crippen LogP contribution in [-0.2, 0) is 9.53 Å². The molecule has 0 saturated carbocycles. The Labute approximate surface area is 167 Å². The summed E-state index contributed by atoms with van der Waals surface area (Å²) in [6, 6.07) is 11.5. The van der Waals surface area contributed by atoms with Gasteiger partial charge >= 0.3 is 0 Å². The molecule has 4 rings (SSSR count). The minimum Gasteiger partial charge on any atom is -0.378 e. The Morgan fingerprint density at radius 3 is 2.64 bits per heavy atom. The summed E-state index contributed by atoms with van der Waals surface area (Å²) in [4.78, 5) is 21.3. The lowest BCUT2D eigenvalue weighted by molar-refractivity contribution is -0.115. The van der Waals surface area contributed by atoms with Crippen LogP contribution < -0.4 is 4.90 Å². The van der Waals surface area contributed by atoms with Gasteiger partial charge in [-0.3, -0.25) is 4.79 Å². The van der Waals surface area contributed by atoms with Gasteiger partial charge in [-0.15, -0.1) is 0 Å². The third kappa shape index (κ3) is 3.53. The van der Waals surface area contributed by atoms with E-state index in [1.54, 1.807) is 25.4 Å². The van der Waals surface area contributed by atoms with Crippen LogP contribution in [0.4, 0.5) is 10.1 Å². The molecule has 0 atom stereocenters. The van der Waals surface area contributed by atoms with Gasteiger partial charge in [-0.1, -0.05) is 29.8 Å². The average molecular weight is 400 g/mol. The Bertz CT molecular complexity index is 983. The van der Waals surface area contributed by atoms with Gasteiger partial charge < -0.3 is 14.5 Å². The van der Waals surface area contributed by atoms with Crippen LogP contribution in [0, 0.1) is 5.82 Å². The maximum absolute atomic E-state index is 14.1. The molecule has 0 aliphatic carbocycles. The highest BCUT2D eigenvalue weighted by molar-refractivity contribution is 6.36. The molecular formula is C21H19ClFN3O2. The number of fused-ring (bicyclic) bond motifs is 1. The summed E-state index contributed by atoms with van der Waals surface area (Å²) in [5.41, 5.74) is 2.49. The standard InChI is InChI=1S/C21H19ClFN3O2/c1-25-19-7-6-14(23)12-16(19)20(15-4-2-3-5-17(15)22)24-18(21(25)27)13-26-8-10-28-11-9-26/h2-7,12-13H,8-11H2,1H3/b18-13-. The first-order valence-electron chi connectivity index (χ1n) is 9.00. The number of carbonyl (C=O) groups excluding carboxylic acids is 1. The van der Waals surface area contributed by atoms with E-state index >= 15 is 0 Å². The van der Waals surface area contributed by atoms with Crippen molar-refractivity contribution in [1.29, 1.82) is 0 Å². The van der Waals surface area contributed by atoms with Crippen LogP contribution in [-0.4, -0.2) is 49.9 Å². The van der Waals surface area contributed by atoms with E-state index in [0.29, 0.717) is 53.9 Å². The normalized spacial score (nSPS) is 18.8. The van der Waals surface area contributed by atoms with Crippen LogP contribution >= 0.6 is 11.6 Å². The fraction of sp³-hybridized carbons (Fsp3) is 0.238. The molecule has 1 amide bonds. The molecule has 2 aromatic carbocycles. The largest absolute Gasteiger partial charge is 0.378 e. The molecule has 0 spiro atoms. The summed E-state index contributed by atoms with van der Waals surface area (Å²) < 4.78 is 19.5. The van der Waals surface area contributed by atoms with Crippen molar-refractivity contribution in [1.82, 2.24) is 4.90 Å². The van der Waals surface area contributed by atoms with Crippen molar-refractivity contribution in [2.45, 2.75) is 0 Å². The monoisotopic (exact) mass is 399 g/mol. The third-order valence-corrected chi connectivity index (χ3v) is 5.14. The number of hydrogen-bond acceptors (Lipinski definition) is 4. The van der Waals surface area contributed by atoms with E-state index < -0.39 is 5.82 Å². The van der Waals surface area contributed by atoms with Gasteiger partial charge in [0, 0.05) is 42.5 Å². The first-order valence-corrected chi connectivity index (χ1v) is 9.37. The maximum atomic E-state index is 14.1. The maximum Gasteiger partial charge on any atom is 0.278 e. The summed E-state index contributed by atoms with van der Waals surface area (Å²) in [5.74, 6) is -0.665. The Hall–Kier alpha value is -2.70. The van der Waals surface area contributed by atoms with Gasteiger partial charge in [-0.2, -0.15) is 0 Å². The van der Waals surface area contributed by atoms with Crippen LogP contribution in [0.2, 0.25) is 5.02 Å². The molecular weight excluding hydrogens is 381 g/mol. The number of morpholine rings is 1. The number of likely N-dealkylation sites (N-methyl/N-ethyl adjacent to an activating group) is 1. The van der Waals surface area contributed by atoms with Crippen LogP contribution in [0.5, 0.6) is 0 Å². The number of benzodiazepines with no additional fused rings is 1. The molecule has 2 heterocycles. The Kier molecular flexibility index (Phi) is 5.15. The predicted octanol–water partition coefficient (Wildman–Crippen LogP) is 3.47. The first-order chi connectivity index (χ1) is 13.5. The van der Waals surface area contributed by atoms with Crippen molar-refractivity contribution >= 4 is 28.9 Å². The van der Waals surface area contributed by atoms with E-state index in [0.717, 1.165) is 0 Å². The molecule has 2 aliphatic rings. The van der Waals surface area contributed by atoms with Gasteiger partial charge in [-0.25, -0.2) is 9.38 Å². The summed E-state index contributed by atoms with van der Waals surface area (Å²) >= 11 is 6.41. The zero-order valence-corrected chi connectivity index (χ0v) is 16.1. The van der Waals surface area contributed by atoms with Gasteiger partial charge in [0.1, 0.15) is 11.5 Å². The van der Waals surface area contributed by atoms with E-state index in [9.17, 15) is 9.18 Å². The van der Waals surface area contributed by atoms with Crippen molar-refractivity contribution in [3.05, 3.63) is 76.3 Å². The van der Waals surface area contributed by atoms with Crippen molar-refractivity contribution < 1.29 is 13.9 Å². The number of rotatable bonds is 2. The van der Waals surface area contributed by atoms with Gasteiger partial charge in [0.2, 0.25) is 0 Å². The van der Waals surface area contributed by atoms with Crippen molar-refractivity contribution in [2.24, 2.45) is 4.99 Å². The molecule has 7 heteroatoms. The number of aliphatic imine (C=N–C) groups is 1.